The maximum Gasteiger partial charge on any atom is 0.236 e. The summed E-state index contributed by atoms with van der Waals surface area (Å²) in [6.45, 7) is 1.14. The highest BCUT2D eigenvalue weighted by atomic mass is 16.2. The molecule has 10 nitrogen and oxygen atoms in total. The second-order valence-corrected chi connectivity index (χ2v) is 6.29. The van der Waals surface area contributed by atoms with E-state index in [1.54, 1.807) is 28.2 Å². The minimum absolute atomic E-state index is 0.0786. The van der Waals surface area contributed by atoms with Crippen LogP contribution in [0.5, 0.6) is 0 Å². The molecule has 0 unspecified atom stereocenters. The number of carbonyl (C=O) groups excluding carboxylic acids is 1. The van der Waals surface area contributed by atoms with E-state index >= 15 is 0 Å². The first-order chi connectivity index (χ1) is 13.1. The van der Waals surface area contributed by atoms with Crippen LogP contribution in [0.2, 0.25) is 0 Å². The van der Waals surface area contributed by atoms with Crippen LogP contribution in [-0.2, 0) is 11.8 Å². The second kappa shape index (κ2) is 6.87. The predicted octanol–water partition coefficient (Wildman–Crippen LogP) is 1.11. The second-order valence-electron chi connectivity index (χ2n) is 6.29. The number of aryl methyl sites for hydroxylation is 1. The summed E-state index contributed by atoms with van der Waals surface area (Å²) in [5.74, 6) is 0.341. The molecule has 0 saturated carbocycles. The van der Waals surface area contributed by atoms with E-state index in [-0.39, 0.29) is 18.4 Å². The van der Waals surface area contributed by atoms with Gasteiger partial charge < -0.3 is 10.2 Å². The zero-order valence-corrected chi connectivity index (χ0v) is 14.6. The van der Waals surface area contributed by atoms with Crippen molar-refractivity contribution in [2.24, 2.45) is 7.05 Å². The van der Waals surface area contributed by atoms with Gasteiger partial charge in [0.1, 0.15) is 6.42 Å². The number of hydrogen-bond donors (Lipinski definition) is 1. The first-order valence-corrected chi connectivity index (χ1v) is 8.40. The van der Waals surface area contributed by atoms with Crippen LogP contribution in [0.25, 0.3) is 11.3 Å². The molecule has 0 spiro atoms. The smallest absolute Gasteiger partial charge is 0.236 e. The number of rotatable bonds is 5. The molecule has 1 fully saturated rings. The van der Waals surface area contributed by atoms with E-state index in [1.807, 2.05) is 36.3 Å². The van der Waals surface area contributed by atoms with Gasteiger partial charge in [0.2, 0.25) is 11.9 Å². The van der Waals surface area contributed by atoms with E-state index < -0.39 is 0 Å². The number of nitriles is 1. The molecule has 0 radical (unpaired) electrons. The van der Waals surface area contributed by atoms with Gasteiger partial charge in [-0.2, -0.15) is 15.5 Å². The average molecular weight is 363 g/mol. The Kier molecular flexibility index (Phi) is 4.25. The topological polar surface area (TPSA) is 118 Å². The first kappa shape index (κ1) is 16.7. The van der Waals surface area contributed by atoms with E-state index in [0.717, 1.165) is 16.9 Å². The largest absolute Gasteiger partial charge is 0.337 e. The number of hydrogen-bond acceptors (Lipinski definition) is 7. The summed E-state index contributed by atoms with van der Waals surface area (Å²) in [4.78, 5) is 22.1. The van der Waals surface area contributed by atoms with Crippen LogP contribution in [0.15, 0.2) is 37.1 Å². The molecule has 10 heteroatoms. The SMILES string of the molecule is Cn1cc(Nc2nccc(-c3cnn(C4CN(C(=O)CC#N)C4)c3)n2)cn1. The van der Waals surface area contributed by atoms with Crippen LogP contribution in [0.3, 0.4) is 0 Å². The van der Waals surface area contributed by atoms with Crippen molar-refractivity contribution in [3.8, 4) is 17.3 Å². The van der Waals surface area contributed by atoms with Crippen LogP contribution in [0.4, 0.5) is 11.6 Å². The molecule has 4 heterocycles. The molecule has 0 bridgehead atoms. The molecule has 0 aromatic carbocycles. The average Bonchev–Trinajstić information content (AvgIpc) is 3.24. The Morgan fingerprint density at radius 3 is 2.93 bits per heavy atom. The van der Waals surface area contributed by atoms with E-state index in [4.69, 9.17) is 5.26 Å². The fourth-order valence-electron chi connectivity index (χ4n) is 2.87. The number of nitrogens with zero attached hydrogens (tertiary/aromatic N) is 8. The van der Waals surface area contributed by atoms with E-state index in [2.05, 4.69) is 25.5 Å². The summed E-state index contributed by atoms with van der Waals surface area (Å²) in [6, 6.07) is 3.82. The van der Waals surface area contributed by atoms with Gasteiger partial charge in [0.25, 0.3) is 0 Å². The number of amides is 1. The predicted molar refractivity (Wildman–Crippen MR) is 95.6 cm³/mol. The van der Waals surface area contributed by atoms with Gasteiger partial charge in [0.15, 0.2) is 0 Å². The van der Waals surface area contributed by atoms with Crippen molar-refractivity contribution in [2.45, 2.75) is 12.5 Å². The number of anilines is 2. The maximum absolute atomic E-state index is 11.7. The zero-order chi connectivity index (χ0) is 18.8. The minimum atomic E-state index is -0.136. The lowest BCUT2D eigenvalue weighted by Gasteiger charge is -2.38. The molecule has 1 amide bonds. The summed E-state index contributed by atoms with van der Waals surface area (Å²) < 4.78 is 3.53. The molecular weight excluding hydrogens is 346 g/mol. The molecule has 4 rings (SSSR count). The highest BCUT2D eigenvalue weighted by molar-refractivity contribution is 5.79. The van der Waals surface area contributed by atoms with Crippen molar-refractivity contribution in [3.05, 3.63) is 37.1 Å². The number of nitrogens with one attached hydrogen (secondary N) is 1. The third kappa shape index (κ3) is 3.48. The van der Waals surface area contributed by atoms with Crippen LogP contribution in [0, 0.1) is 11.3 Å². The third-order valence-electron chi connectivity index (χ3n) is 4.33. The molecule has 0 atom stereocenters. The third-order valence-corrected chi connectivity index (χ3v) is 4.33. The Morgan fingerprint density at radius 1 is 1.33 bits per heavy atom. The fourth-order valence-corrected chi connectivity index (χ4v) is 2.87. The lowest BCUT2D eigenvalue weighted by atomic mass is 10.1. The normalized spacial score (nSPS) is 13.9. The highest BCUT2D eigenvalue weighted by Gasteiger charge is 2.32. The lowest BCUT2D eigenvalue weighted by molar-refractivity contribution is -0.136. The maximum atomic E-state index is 11.7. The molecule has 1 aliphatic rings. The van der Waals surface area contributed by atoms with Crippen molar-refractivity contribution in [1.82, 2.24) is 34.4 Å². The summed E-state index contributed by atoms with van der Waals surface area (Å²) in [7, 11) is 1.84. The van der Waals surface area contributed by atoms with Gasteiger partial charge in [-0.05, 0) is 6.07 Å². The molecule has 27 heavy (non-hydrogen) atoms. The molecule has 1 N–H and O–H groups in total. The Labute approximate surface area is 155 Å². The monoisotopic (exact) mass is 363 g/mol. The van der Waals surface area contributed by atoms with E-state index in [1.165, 1.54) is 0 Å². The molecule has 1 saturated heterocycles. The van der Waals surface area contributed by atoms with Crippen LogP contribution >= 0.6 is 0 Å². The Balaban J connectivity index is 1.44. The molecule has 136 valence electrons. The van der Waals surface area contributed by atoms with Crippen molar-refractivity contribution >= 4 is 17.5 Å². The standard InChI is InChI=1S/C17H17N9O/c1-24-9-13(7-20-24)22-17-19-5-3-15(23-17)12-6-21-26(8-12)14-10-25(11-14)16(27)2-4-18/h3,5-9,14H,2,10-11H2,1H3,(H,19,22,23). The van der Waals surface area contributed by atoms with Gasteiger partial charge >= 0.3 is 0 Å². The Hall–Kier alpha value is -3.74. The van der Waals surface area contributed by atoms with E-state index in [9.17, 15) is 4.79 Å². The van der Waals surface area contributed by atoms with Crippen molar-refractivity contribution in [1.29, 1.82) is 5.26 Å². The molecule has 3 aromatic rings. The van der Waals surface area contributed by atoms with Gasteiger partial charge in [-0.1, -0.05) is 0 Å². The fraction of sp³-hybridized carbons (Fsp3) is 0.294. The van der Waals surface area contributed by atoms with Crippen molar-refractivity contribution < 1.29 is 4.79 Å². The summed E-state index contributed by atoms with van der Waals surface area (Å²) in [6.07, 6.45) is 8.80. The first-order valence-electron chi connectivity index (χ1n) is 8.40. The van der Waals surface area contributed by atoms with Gasteiger partial charge in [0.05, 0.1) is 35.9 Å². The van der Waals surface area contributed by atoms with Crippen molar-refractivity contribution in [3.63, 3.8) is 0 Å². The quantitative estimate of drug-likeness (QED) is 0.721. The zero-order valence-electron chi connectivity index (χ0n) is 14.6. The Bertz CT molecular complexity index is 1010. The van der Waals surface area contributed by atoms with Gasteiger partial charge in [-0.15, -0.1) is 0 Å². The number of likely N-dealkylation sites (tertiary alicyclic amines) is 1. The number of aromatic nitrogens is 6. The van der Waals surface area contributed by atoms with Crippen molar-refractivity contribution in [2.75, 3.05) is 18.4 Å². The molecular formula is C17H17N9O. The van der Waals surface area contributed by atoms with Crippen LogP contribution in [0.1, 0.15) is 12.5 Å². The van der Waals surface area contributed by atoms with Gasteiger partial charge in [0, 0.05) is 44.3 Å². The highest BCUT2D eigenvalue weighted by Crippen LogP contribution is 2.25. The summed E-state index contributed by atoms with van der Waals surface area (Å²) >= 11 is 0. The molecule has 0 aliphatic carbocycles. The van der Waals surface area contributed by atoms with Crippen LogP contribution < -0.4 is 5.32 Å². The summed E-state index contributed by atoms with van der Waals surface area (Å²) in [5.41, 5.74) is 2.43. The minimum Gasteiger partial charge on any atom is -0.337 e. The van der Waals surface area contributed by atoms with E-state index in [0.29, 0.717) is 19.0 Å². The lowest BCUT2D eigenvalue weighted by Crippen LogP contribution is -2.50. The molecule has 1 aliphatic heterocycles. The van der Waals surface area contributed by atoms with Gasteiger partial charge in [-0.3, -0.25) is 14.2 Å². The van der Waals surface area contributed by atoms with Crippen LogP contribution in [-0.4, -0.2) is 53.4 Å². The van der Waals surface area contributed by atoms with Gasteiger partial charge in [-0.25, -0.2) is 9.97 Å². The number of carbonyl (C=O) groups is 1. The summed E-state index contributed by atoms with van der Waals surface area (Å²) in [5, 5.41) is 20.2. The molecule has 3 aromatic heterocycles. The Morgan fingerprint density at radius 2 is 2.19 bits per heavy atom.